The van der Waals surface area contributed by atoms with Crippen LogP contribution in [0.5, 0.6) is 0 Å². The molecule has 0 bridgehead atoms. The van der Waals surface area contributed by atoms with Gasteiger partial charge in [0.1, 0.15) is 14.5 Å². The molecule has 0 spiro atoms. The largest absolute Gasteiger partial charge is 0.445 e. The molecule has 1 saturated heterocycles. The number of halogens is 1. The molecule has 1 N–H and O–H groups in total. The molecule has 1 atom stereocenters. The minimum atomic E-state index is -0.877. The number of rotatable bonds is 5. The molecule has 1 fully saturated rings. The lowest BCUT2D eigenvalue weighted by Crippen LogP contribution is -2.33. The van der Waals surface area contributed by atoms with E-state index in [4.69, 9.17) is 12.6 Å². The average Bonchev–Trinajstić information content (AvgIpc) is 3.18. The van der Waals surface area contributed by atoms with E-state index in [9.17, 15) is 14.0 Å². The summed E-state index contributed by atoms with van der Waals surface area (Å²) in [7, 11) is 5.79. The smallest absolute Gasteiger partial charge is 0.410 e. The molecule has 1 unspecified atom stereocenters. The van der Waals surface area contributed by atoms with E-state index in [2.05, 4.69) is 11.6 Å². The third-order valence-corrected chi connectivity index (χ3v) is 4.87. The zero-order valence-electron chi connectivity index (χ0n) is 16.3. The number of pyridine rings is 1. The molecule has 29 heavy (non-hydrogen) atoms. The maximum atomic E-state index is 14.8. The number of fused-ring (bicyclic) bond motifs is 1. The van der Waals surface area contributed by atoms with Gasteiger partial charge in [-0.05, 0) is 37.5 Å². The molecule has 7 heteroatoms. The number of aromatic amines is 1. The van der Waals surface area contributed by atoms with Gasteiger partial charge in [-0.1, -0.05) is 42.4 Å². The highest BCUT2D eigenvalue weighted by Crippen LogP contribution is 2.32. The van der Waals surface area contributed by atoms with Gasteiger partial charge in [-0.25, -0.2) is 9.18 Å². The van der Waals surface area contributed by atoms with Crippen molar-refractivity contribution in [2.24, 2.45) is 0 Å². The van der Waals surface area contributed by atoms with E-state index in [1.165, 1.54) is 11.0 Å². The van der Waals surface area contributed by atoms with Crippen LogP contribution in [-0.2, 0) is 4.74 Å². The number of carbonyl (C=O) groups is 1. The zero-order chi connectivity index (χ0) is 21.0. The van der Waals surface area contributed by atoms with Crippen LogP contribution in [0.4, 0.5) is 9.18 Å². The zero-order valence-corrected chi connectivity index (χ0v) is 16.3. The first-order valence-corrected chi connectivity index (χ1v) is 9.41. The van der Waals surface area contributed by atoms with Crippen molar-refractivity contribution in [2.45, 2.75) is 25.8 Å². The Morgan fingerprint density at radius 3 is 3.00 bits per heavy atom. The highest BCUT2D eigenvalue weighted by molar-refractivity contribution is 6.33. The first kappa shape index (κ1) is 20.6. The summed E-state index contributed by atoms with van der Waals surface area (Å²) >= 11 is 0. The molecule has 1 amide bonds. The van der Waals surface area contributed by atoms with Gasteiger partial charge in [0.2, 0.25) is 5.43 Å². The minimum absolute atomic E-state index is 0.0868. The maximum Gasteiger partial charge on any atom is 0.410 e. The van der Waals surface area contributed by atoms with Crippen molar-refractivity contribution in [3.63, 3.8) is 0 Å². The Morgan fingerprint density at radius 1 is 1.45 bits per heavy atom. The number of ether oxygens (including phenoxy) is 1. The molecule has 1 aromatic carbocycles. The Kier molecular flexibility index (Phi) is 6.37. The first-order chi connectivity index (χ1) is 13.9. The van der Waals surface area contributed by atoms with Gasteiger partial charge in [0.15, 0.2) is 5.82 Å². The Hall–Kier alpha value is -3.09. The second-order valence-corrected chi connectivity index (χ2v) is 7.03. The normalized spacial score (nSPS) is 17.2. The summed E-state index contributed by atoms with van der Waals surface area (Å²) in [4.78, 5) is 29.5. The fraction of sp³-hybridized carbons (Fsp3) is 0.273. The molecule has 1 aliphatic heterocycles. The molecule has 5 nitrogen and oxygen atoms in total. The molecule has 3 rings (SSSR count). The predicted molar refractivity (Wildman–Crippen MR) is 113 cm³/mol. The number of benzene rings is 1. The molecule has 2 heterocycles. The number of nitrogens with one attached hydrogen (secondary N) is 1. The van der Waals surface area contributed by atoms with E-state index in [1.54, 1.807) is 30.4 Å². The van der Waals surface area contributed by atoms with Crippen LogP contribution in [0.2, 0.25) is 0 Å². The molecule has 148 valence electrons. The van der Waals surface area contributed by atoms with Gasteiger partial charge in [-0.3, -0.25) is 9.69 Å². The molecular weight excluding hydrogens is 370 g/mol. The van der Waals surface area contributed by atoms with Crippen molar-refractivity contribution in [1.82, 2.24) is 9.88 Å². The number of hydrogen-bond donors (Lipinski definition) is 1. The average molecular weight is 392 g/mol. The summed E-state index contributed by atoms with van der Waals surface area (Å²) < 4.78 is 20.2. The van der Waals surface area contributed by atoms with E-state index in [1.807, 2.05) is 13.0 Å². The van der Waals surface area contributed by atoms with Gasteiger partial charge in [0, 0.05) is 17.4 Å². The summed E-state index contributed by atoms with van der Waals surface area (Å²) in [5.41, 5.74) is 1.14. The van der Waals surface area contributed by atoms with Crippen LogP contribution in [0.15, 0.2) is 59.4 Å². The molecular formula is C22H22BFN2O3. The highest BCUT2D eigenvalue weighted by Gasteiger charge is 2.34. The summed E-state index contributed by atoms with van der Waals surface area (Å²) in [5.74, 6) is -0.877. The van der Waals surface area contributed by atoms with Crippen LogP contribution in [0, 0.1) is 5.82 Å². The van der Waals surface area contributed by atoms with Crippen LogP contribution >= 0.6 is 0 Å². The Morgan fingerprint density at radius 2 is 2.24 bits per heavy atom. The van der Waals surface area contributed by atoms with E-state index >= 15 is 0 Å². The topological polar surface area (TPSA) is 62.4 Å². The molecule has 0 aliphatic carbocycles. The number of allylic oxidation sites excluding steroid dienone is 4. The lowest BCUT2D eigenvalue weighted by Gasteiger charge is -2.24. The fourth-order valence-electron chi connectivity index (χ4n) is 3.42. The monoisotopic (exact) mass is 392 g/mol. The number of nitrogens with zero attached hydrogens (tertiary/aromatic N) is 1. The summed E-state index contributed by atoms with van der Waals surface area (Å²) in [6, 6.07) is 4.04. The first-order valence-electron chi connectivity index (χ1n) is 9.41. The van der Waals surface area contributed by atoms with Crippen LogP contribution in [-0.4, -0.2) is 37.0 Å². The molecule has 1 aliphatic rings. The Balaban J connectivity index is 1.83. The van der Waals surface area contributed by atoms with Gasteiger partial charge in [0.05, 0.1) is 11.7 Å². The lowest BCUT2D eigenvalue weighted by molar-refractivity contribution is 0.104. The van der Waals surface area contributed by atoms with Crippen molar-refractivity contribution < 1.29 is 13.9 Å². The number of aromatic nitrogens is 1. The van der Waals surface area contributed by atoms with E-state index in [-0.39, 0.29) is 17.7 Å². The standard InChI is InChI=1S/C22H22BFN2O3/c1-3-4-5-7-14(2)13-29-22(28)26-11-6-8-18(26)20-19(24)21(27)16-10-9-15(23)12-17(16)25-20/h3-5,7,9-10,12,18H,1,6,8,11,13H2,2H3,(H,25,27)/b5-4-,14-7+. The van der Waals surface area contributed by atoms with Crippen molar-refractivity contribution in [1.29, 1.82) is 0 Å². The summed E-state index contributed by atoms with van der Waals surface area (Å²) in [6.07, 6.45) is 7.72. The van der Waals surface area contributed by atoms with Gasteiger partial charge >= 0.3 is 6.09 Å². The molecule has 1 aromatic heterocycles. The number of likely N-dealkylation sites (tertiary alicyclic amines) is 1. The SMILES string of the molecule is [B]c1ccc2c(=O)c(F)c(C3CCCN3C(=O)OC/C(C)=C/C=C\C=C)[nH]c2c1. The van der Waals surface area contributed by atoms with Crippen molar-refractivity contribution in [2.75, 3.05) is 13.2 Å². The van der Waals surface area contributed by atoms with Crippen molar-refractivity contribution in [3.05, 3.63) is 76.4 Å². The van der Waals surface area contributed by atoms with E-state index < -0.39 is 23.4 Å². The minimum Gasteiger partial charge on any atom is -0.445 e. The summed E-state index contributed by atoms with van der Waals surface area (Å²) in [5, 5.41) is 0.223. The van der Waals surface area contributed by atoms with Gasteiger partial charge in [-0.2, -0.15) is 0 Å². The van der Waals surface area contributed by atoms with Crippen LogP contribution in [0.3, 0.4) is 0 Å². The maximum absolute atomic E-state index is 14.8. The molecule has 2 aromatic rings. The second kappa shape index (κ2) is 8.94. The van der Waals surface area contributed by atoms with Crippen LogP contribution in [0.1, 0.15) is 31.5 Å². The Labute approximate surface area is 170 Å². The van der Waals surface area contributed by atoms with Crippen molar-refractivity contribution in [3.8, 4) is 0 Å². The summed E-state index contributed by atoms with van der Waals surface area (Å²) in [6.45, 7) is 5.98. The molecule has 2 radical (unpaired) electrons. The number of amides is 1. The van der Waals surface area contributed by atoms with Gasteiger partial charge in [-0.15, -0.1) is 0 Å². The van der Waals surface area contributed by atoms with Crippen LogP contribution < -0.4 is 10.9 Å². The third-order valence-electron chi connectivity index (χ3n) is 4.87. The number of carbonyl (C=O) groups excluding carboxylic acids is 1. The highest BCUT2D eigenvalue weighted by atomic mass is 19.1. The number of H-pyrrole nitrogens is 1. The van der Waals surface area contributed by atoms with Crippen LogP contribution in [0.25, 0.3) is 10.9 Å². The lowest BCUT2D eigenvalue weighted by atomic mass is 9.94. The quantitative estimate of drug-likeness (QED) is 0.627. The van der Waals surface area contributed by atoms with Crippen molar-refractivity contribution >= 4 is 30.3 Å². The van der Waals surface area contributed by atoms with Gasteiger partial charge < -0.3 is 9.72 Å². The third kappa shape index (κ3) is 4.50. The van der Waals surface area contributed by atoms with E-state index in [0.29, 0.717) is 30.4 Å². The Bertz CT molecular complexity index is 1060. The number of hydrogen-bond acceptors (Lipinski definition) is 3. The van der Waals surface area contributed by atoms with Gasteiger partial charge in [0.25, 0.3) is 0 Å². The second-order valence-electron chi connectivity index (χ2n) is 7.03. The molecule has 0 saturated carbocycles. The van der Waals surface area contributed by atoms with E-state index in [0.717, 1.165) is 5.57 Å². The fourth-order valence-corrected chi connectivity index (χ4v) is 3.42. The predicted octanol–water partition coefficient (Wildman–Crippen LogP) is 3.42.